The molecule has 5 nitrogen and oxygen atoms in total. The highest BCUT2D eigenvalue weighted by Gasteiger charge is 2.37. The summed E-state index contributed by atoms with van der Waals surface area (Å²) in [5.74, 6) is 0. The lowest BCUT2D eigenvalue weighted by Gasteiger charge is -2.35. The van der Waals surface area contributed by atoms with Crippen molar-refractivity contribution in [2.24, 2.45) is 0 Å². The Labute approximate surface area is 184 Å². The Bertz CT molecular complexity index is 401. The van der Waals surface area contributed by atoms with Crippen LogP contribution in [0.4, 0.5) is 0 Å². The Morgan fingerprint density at radius 1 is 0.733 bits per heavy atom. The maximum atomic E-state index is 9.84. The van der Waals surface area contributed by atoms with Crippen LogP contribution in [-0.4, -0.2) is 59.6 Å². The van der Waals surface area contributed by atoms with Crippen molar-refractivity contribution < 1.29 is 24.8 Å². The average Bonchev–Trinajstić information content (AvgIpc) is 2.75. The number of aliphatic hydroxyl groups is 3. The summed E-state index contributed by atoms with van der Waals surface area (Å²) in [6.45, 7) is 3.21. The number of hydrogen-bond donors (Lipinski definition) is 3. The molecule has 178 valence electrons. The van der Waals surface area contributed by atoms with Gasteiger partial charge in [-0.2, -0.15) is 0 Å². The lowest BCUT2D eigenvalue weighted by molar-refractivity contribution is -0.199. The van der Waals surface area contributed by atoms with Crippen molar-refractivity contribution in [3.63, 3.8) is 0 Å². The fraction of sp³-hybridized carbons (Fsp3) is 0.920. The molecule has 1 heterocycles. The van der Waals surface area contributed by atoms with E-state index in [9.17, 15) is 15.3 Å². The van der Waals surface area contributed by atoms with E-state index in [4.69, 9.17) is 9.47 Å². The first-order valence-electron chi connectivity index (χ1n) is 12.5. The molecule has 1 rings (SSSR count). The van der Waals surface area contributed by atoms with Crippen LogP contribution in [0.3, 0.4) is 0 Å². The second-order valence-electron chi connectivity index (χ2n) is 8.79. The largest absolute Gasteiger partial charge is 0.388 e. The van der Waals surface area contributed by atoms with E-state index in [0.717, 1.165) is 12.8 Å². The predicted molar refractivity (Wildman–Crippen MR) is 123 cm³/mol. The highest BCUT2D eigenvalue weighted by molar-refractivity contribution is 4.86. The lowest BCUT2D eigenvalue weighted by atomic mass is 10.0. The minimum atomic E-state index is -1.15. The Hall–Kier alpha value is -0.460. The smallest absolute Gasteiger partial charge is 0.111 e. The summed E-state index contributed by atoms with van der Waals surface area (Å²) in [7, 11) is 0. The Morgan fingerprint density at radius 2 is 1.27 bits per heavy atom. The van der Waals surface area contributed by atoms with E-state index in [-0.39, 0.29) is 13.2 Å². The van der Waals surface area contributed by atoms with Gasteiger partial charge in [0.25, 0.3) is 0 Å². The van der Waals surface area contributed by atoms with Crippen LogP contribution in [0.5, 0.6) is 0 Å². The second-order valence-corrected chi connectivity index (χ2v) is 8.79. The molecular formula is C25H48O5. The van der Waals surface area contributed by atoms with Gasteiger partial charge in [0, 0.05) is 6.61 Å². The van der Waals surface area contributed by atoms with Crippen molar-refractivity contribution >= 4 is 0 Å². The SMILES string of the molecule is CCCCCCCCCC/C=C/CCCCCCCOC[C@H]1OC[C@H](O)[C@@H](O)[C@@H]1O. The second kappa shape index (κ2) is 19.2. The average molecular weight is 429 g/mol. The van der Waals surface area contributed by atoms with Crippen molar-refractivity contribution in [2.45, 2.75) is 128 Å². The van der Waals surface area contributed by atoms with E-state index >= 15 is 0 Å². The summed E-state index contributed by atoms with van der Waals surface area (Å²) in [4.78, 5) is 0. The zero-order valence-electron chi connectivity index (χ0n) is 19.4. The van der Waals surface area contributed by atoms with E-state index in [1.165, 1.54) is 83.5 Å². The normalized spacial score (nSPS) is 24.7. The van der Waals surface area contributed by atoms with E-state index in [1.54, 1.807) is 0 Å². The summed E-state index contributed by atoms with van der Waals surface area (Å²) in [6, 6.07) is 0. The zero-order chi connectivity index (χ0) is 21.9. The number of hydrogen-bond acceptors (Lipinski definition) is 5. The molecule has 0 aromatic carbocycles. The lowest BCUT2D eigenvalue weighted by Crippen LogP contribution is -2.54. The minimum absolute atomic E-state index is 0.0415. The molecule has 1 saturated heterocycles. The number of aliphatic hydroxyl groups excluding tert-OH is 3. The monoisotopic (exact) mass is 428 g/mol. The van der Waals surface area contributed by atoms with E-state index < -0.39 is 24.4 Å². The molecule has 1 fully saturated rings. The van der Waals surface area contributed by atoms with Crippen LogP contribution in [-0.2, 0) is 9.47 Å². The molecule has 0 radical (unpaired) electrons. The Kier molecular flexibility index (Phi) is 17.7. The van der Waals surface area contributed by atoms with Crippen LogP contribution in [0.2, 0.25) is 0 Å². The fourth-order valence-corrected chi connectivity index (χ4v) is 3.84. The summed E-state index contributed by atoms with van der Waals surface area (Å²) >= 11 is 0. The molecule has 4 atom stereocenters. The molecule has 0 unspecified atom stereocenters. The molecule has 0 saturated carbocycles. The van der Waals surface area contributed by atoms with Gasteiger partial charge in [-0.15, -0.1) is 0 Å². The third kappa shape index (κ3) is 13.8. The molecule has 0 aromatic rings. The molecule has 1 aliphatic heterocycles. The Balaban J connectivity index is 1.79. The fourth-order valence-electron chi connectivity index (χ4n) is 3.84. The molecule has 0 aliphatic carbocycles. The quantitative estimate of drug-likeness (QED) is 0.201. The van der Waals surface area contributed by atoms with Gasteiger partial charge in [-0.05, 0) is 32.1 Å². The van der Waals surface area contributed by atoms with Gasteiger partial charge in [-0.3, -0.25) is 0 Å². The maximum absolute atomic E-state index is 9.84. The van der Waals surface area contributed by atoms with Gasteiger partial charge in [0.1, 0.15) is 24.4 Å². The van der Waals surface area contributed by atoms with Crippen molar-refractivity contribution in [2.75, 3.05) is 19.8 Å². The first-order chi connectivity index (χ1) is 14.7. The van der Waals surface area contributed by atoms with Gasteiger partial charge in [-0.25, -0.2) is 0 Å². The first kappa shape index (κ1) is 27.6. The number of rotatable bonds is 19. The number of unbranched alkanes of at least 4 members (excludes halogenated alkanes) is 13. The Morgan fingerprint density at radius 3 is 1.87 bits per heavy atom. The van der Waals surface area contributed by atoms with Gasteiger partial charge >= 0.3 is 0 Å². The zero-order valence-corrected chi connectivity index (χ0v) is 19.4. The minimum Gasteiger partial charge on any atom is -0.388 e. The molecule has 0 spiro atoms. The molecule has 0 aromatic heterocycles. The van der Waals surface area contributed by atoms with Crippen LogP contribution in [0.25, 0.3) is 0 Å². The van der Waals surface area contributed by atoms with Crippen LogP contribution in [0.1, 0.15) is 103 Å². The molecule has 1 aliphatic rings. The van der Waals surface area contributed by atoms with Crippen molar-refractivity contribution in [3.05, 3.63) is 12.2 Å². The number of ether oxygens (including phenoxy) is 2. The molecule has 0 amide bonds. The summed E-state index contributed by atoms with van der Waals surface area (Å²) in [5.41, 5.74) is 0. The van der Waals surface area contributed by atoms with Crippen LogP contribution in [0.15, 0.2) is 12.2 Å². The first-order valence-corrected chi connectivity index (χ1v) is 12.5. The van der Waals surface area contributed by atoms with Gasteiger partial charge in [0.05, 0.1) is 13.2 Å². The summed E-state index contributed by atoms with van der Waals surface area (Å²) in [5, 5.41) is 28.9. The molecule has 30 heavy (non-hydrogen) atoms. The van der Waals surface area contributed by atoms with E-state index in [0.29, 0.717) is 6.61 Å². The molecule has 0 bridgehead atoms. The maximum Gasteiger partial charge on any atom is 0.111 e. The van der Waals surface area contributed by atoms with Gasteiger partial charge in [0.2, 0.25) is 0 Å². The summed E-state index contributed by atoms with van der Waals surface area (Å²) in [6.07, 6.45) is 20.3. The third-order valence-corrected chi connectivity index (χ3v) is 5.94. The summed E-state index contributed by atoms with van der Waals surface area (Å²) < 4.78 is 10.9. The van der Waals surface area contributed by atoms with Crippen LogP contribution < -0.4 is 0 Å². The van der Waals surface area contributed by atoms with Crippen molar-refractivity contribution in [3.8, 4) is 0 Å². The van der Waals surface area contributed by atoms with Gasteiger partial charge < -0.3 is 24.8 Å². The topological polar surface area (TPSA) is 79.2 Å². The van der Waals surface area contributed by atoms with Crippen LogP contribution in [0, 0.1) is 0 Å². The van der Waals surface area contributed by atoms with Crippen molar-refractivity contribution in [1.29, 1.82) is 0 Å². The van der Waals surface area contributed by atoms with Gasteiger partial charge in [-0.1, -0.05) is 83.3 Å². The van der Waals surface area contributed by atoms with Gasteiger partial charge in [0.15, 0.2) is 0 Å². The molecular weight excluding hydrogens is 380 g/mol. The molecule has 5 heteroatoms. The standard InChI is InChI=1S/C25H48O5/c1-2-3-4-5-6-7-8-9-10-11-12-13-14-15-16-17-18-19-29-21-23-25(28)24(27)22(26)20-30-23/h11-12,22-28H,2-10,13-21H2,1H3/b12-11+/t22-,23+,24+,25+/m0/s1. The highest BCUT2D eigenvalue weighted by Crippen LogP contribution is 2.16. The third-order valence-electron chi connectivity index (χ3n) is 5.94. The highest BCUT2D eigenvalue weighted by atomic mass is 16.6. The van der Waals surface area contributed by atoms with Crippen LogP contribution >= 0.6 is 0 Å². The van der Waals surface area contributed by atoms with E-state index in [1.807, 2.05) is 0 Å². The number of allylic oxidation sites excluding steroid dienone is 2. The molecule has 3 N–H and O–H groups in total. The van der Waals surface area contributed by atoms with E-state index in [2.05, 4.69) is 19.1 Å². The predicted octanol–water partition coefficient (Wildman–Crippen LogP) is 4.91. The van der Waals surface area contributed by atoms with Crippen molar-refractivity contribution in [1.82, 2.24) is 0 Å².